The van der Waals surface area contributed by atoms with E-state index < -0.39 is 0 Å². The number of amides is 2. The minimum Gasteiger partial charge on any atom is -0.462 e. The lowest BCUT2D eigenvalue weighted by atomic mass is 9.95. The molecule has 2 amide bonds. The summed E-state index contributed by atoms with van der Waals surface area (Å²) in [6.07, 6.45) is 4.00. The average molecular weight is 331 g/mol. The molecule has 0 saturated carbocycles. The van der Waals surface area contributed by atoms with Gasteiger partial charge in [0, 0.05) is 17.3 Å². The van der Waals surface area contributed by atoms with Crippen molar-refractivity contribution in [2.75, 3.05) is 24.3 Å². The minimum absolute atomic E-state index is 0.321. The molecule has 0 unspecified atom stereocenters. The van der Waals surface area contributed by atoms with Crippen molar-refractivity contribution in [2.45, 2.75) is 32.6 Å². The second-order valence-corrected chi connectivity index (χ2v) is 6.19. The van der Waals surface area contributed by atoms with Gasteiger partial charge in [0.15, 0.2) is 0 Å². The van der Waals surface area contributed by atoms with Gasteiger partial charge in [-0.25, -0.2) is 9.59 Å². The molecule has 0 fully saturated rings. The summed E-state index contributed by atoms with van der Waals surface area (Å²) >= 11 is 7.01. The van der Waals surface area contributed by atoms with E-state index in [0.29, 0.717) is 29.6 Å². The number of hydrogen-bond acceptors (Lipinski definition) is 4. The highest BCUT2D eigenvalue weighted by Gasteiger charge is 2.27. The zero-order valence-electron chi connectivity index (χ0n) is 12.0. The number of carbonyl (C=O) groups is 2. The molecule has 0 aromatic carbocycles. The number of alkyl halides is 1. The molecule has 1 heterocycles. The maximum atomic E-state index is 12.2. The summed E-state index contributed by atoms with van der Waals surface area (Å²) in [7, 11) is 0. The highest BCUT2D eigenvalue weighted by atomic mass is 35.5. The number of hydrogen-bond donors (Lipinski definition) is 2. The number of nitrogens with one attached hydrogen (secondary N) is 2. The molecule has 0 aliphatic heterocycles. The van der Waals surface area contributed by atoms with Crippen molar-refractivity contribution in [1.29, 1.82) is 0 Å². The standard InChI is InChI=1S/C14H19ClN2O3S/c1-2-20-13(18)11-9-5-3-4-6-10(9)21-12(11)17-14(19)16-8-7-15/h2-8H2,1H3,(H2,16,17,19). The Kier molecular flexibility index (Phi) is 5.87. The number of carbonyl (C=O) groups excluding carboxylic acids is 2. The van der Waals surface area contributed by atoms with E-state index in [1.807, 2.05) is 0 Å². The van der Waals surface area contributed by atoms with E-state index in [2.05, 4.69) is 10.6 Å². The van der Waals surface area contributed by atoms with Gasteiger partial charge in [-0.2, -0.15) is 0 Å². The van der Waals surface area contributed by atoms with Gasteiger partial charge in [-0.1, -0.05) is 0 Å². The normalized spacial score (nSPS) is 13.4. The van der Waals surface area contributed by atoms with Gasteiger partial charge in [-0.3, -0.25) is 5.32 Å². The smallest absolute Gasteiger partial charge is 0.341 e. The van der Waals surface area contributed by atoms with Crippen LogP contribution in [0.15, 0.2) is 0 Å². The Balaban J connectivity index is 2.24. The number of halogens is 1. The number of fused-ring (bicyclic) bond motifs is 1. The zero-order chi connectivity index (χ0) is 15.2. The molecule has 0 radical (unpaired) electrons. The van der Waals surface area contributed by atoms with Crippen molar-refractivity contribution < 1.29 is 14.3 Å². The number of rotatable bonds is 5. The monoisotopic (exact) mass is 330 g/mol. The van der Waals surface area contributed by atoms with E-state index in [1.165, 1.54) is 16.2 Å². The number of urea groups is 1. The van der Waals surface area contributed by atoms with E-state index in [1.54, 1.807) is 6.92 Å². The van der Waals surface area contributed by atoms with E-state index >= 15 is 0 Å². The van der Waals surface area contributed by atoms with Crippen LogP contribution in [0.25, 0.3) is 0 Å². The van der Waals surface area contributed by atoms with Crippen LogP contribution in [-0.2, 0) is 17.6 Å². The molecule has 1 aliphatic carbocycles. The topological polar surface area (TPSA) is 67.4 Å². The first kappa shape index (κ1) is 16.1. The molecule has 7 heteroatoms. The zero-order valence-corrected chi connectivity index (χ0v) is 13.5. The van der Waals surface area contributed by atoms with Crippen molar-refractivity contribution in [3.05, 3.63) is 16.0 Å². The van der Waals surface area contributed by atoms with Crippen molar-refractivity contribution in [2.24, 2.45) is 0 Å². The predicted molar refractivity (Wildman–Crippen MR) is 84.7 cm³/mol. The van der Waals surface area contributed by atoms with Crippen LogP contribution >= 0.6 is 22.9 Å². The lowest BCUT2D eigenvalue weighted by molar-refractivity contribution is 0.0526. The van der Waals surface area contributed by atoms with E-state index in [0.717, 1.165) is 31.2 Å². The van der Waals surface area contributed by atoms with Crippen LogP contribution in [0.2, 0.25) is 0 Å². The van der Waals surface area contributed by atoms with E-state index in [4.69, 9.17) is 16.3 Å². The first-order chi connectivity index (χ1) is 10.2. The molecule has 21 heavy (non-hydrogen) atoms. The van der Waals surface area contributed by atoms with Gasteiger partial charge in [-0.05, 0) is 38.2 Å². The van der Waals surface area contributed by atoms with Crippen molar-refractivity contribution in [1.82, 2.24) is 5.32 Å². The van der Waals surface area contributed by atoms with Crippen molar-refractivity contribution >= 4 is 39.9 Å². The molecule has 0 saturated heterocycles. The van der Waals surface area contributed by atoms with Gasteiger partial charge in [0.1, 0.15) is 5.00 Å². The number of aryl methyl sites for hydroxylation is 1. The Morgan fingerprint density at radius 2 is 2.10 bits per heavy atom. The average Bonchev–Trinajstić information content (AvgIpc) is 2.83. The number of esters is 1. The fourth-order valence-corrected chi connectivity index (χ4v) is 3.75. The maximum absolute atomic E-state index is 12.2. The first-order valence-corrected chi connectivity index (χ1v) is 8.45. The Labute approximate surface area is 133 Å². The third kappa shape index (κ3) is 3.89. The van der Waals surface area contributed by atoms with Crippen LogP contribution in [0.4, 0.5) is 9.80 Å². The Morgan fingerprint density at radius 3 is 2.81 bits per heavy atom. The van der Waals surface area contributed by atoms with Crippen LogP contribution in [-0.4, -0.2) is 31.0 Å². The summed E-state index contributed by atoms with van der Waals surface area (Å²) in [4.78, 5) is 25.2. The molecular weight excluding hydrogens is 312 g/mol. The van der Waals surface area contributed by atoms with Gasteiger partial charge in [0.25, 0.3) is 0 Å². The summed E-state index contributed by atoms with van der Waals surface area (Å²) in [5.74, 6) is -0.0106. The third-order valence-electron chi connectivity index (χ3n) is 3.26. The molecule has 1 aromatic heterocycles. The molecular formula is C14H19ClN2O3S. The molecule has 0 bridgehead atoms. The molecule has 2 N–H and O–H groups in total. The van der Waals surface area contributed by atoms with Gasteiger partial charge in [0.05, 0.1) is 12.2 Å². The SMILES string of the molecule is CCOC(=O)c1c(NC(=O)NCCCl)sc2c1CCCC2. The number of ether oxygens (including phenoxy) is 1. The number of thiophene rings is 1. The van der Waals surface area contributed by atoms with Crippen LogP contribution < -0.4 is 10.6 Å². The van der Waals surface area contributed by atoms with Gasteiger partial charge in [-0.15, -0.1) is 22.9 Å². The Bertz CT molecular complexity index is 531. The second kappa shape index (κ2) is 7.66. The van der Waals surface area contributed by atoms with Crippen LogP contribution in [0.1, 0.15) is 40.6 Å². The third-order valence-corrected chi connectivity index (χ3v) is 4.65. The lowest BCUT2D eigenvalue weighted by Crippen LogP contribution is -2.30. The molecule has 5 nitrogen and oxygen atoms in total. The van der Waals surface area contributed by atoms with E-state index in [9.17, 15) is 9.59 Å². The van der Waals surface area contributed by atoms with Crippen LogP contribution in [0.5, 0.6) is 0 Å². The molecule has 2 rings (SSSR count). The van der Waals surface area contributed by atoms with Gasteiger partial charge < -0.3 is 10.1 Å². The molecule has 116 valence electrons. The Morgan fingerprint density at radius 1 is 1.33 bits per heavy atom. The molecule has 1 aliphatic rings. The molecule has 1 aromatic rings. The minimum atomic E-state index is -0.357. The largest absolute Gasteiger partial charge is 0.462 e. The maximum Gasteiger partial charge on any atom is 0.341 e. The van der Waals surface area contributed by atoms with Crippen LogP contribution in [0, 0.1) is 0 Å². The quantitative estimate of drug-likeness (QED) is 0.643. The highest BCUT2D eigenvalue weighted by Crippen LogP contribution is 2.38. The first-order valence-electron chi connectivity index (χ1n) is 7.09. The lowest BCUT2D eigenvalue weighted by Gasteiger charge is -2.12. The summed E-state index contributed by atoms with van der Waals surface area (Å²) in [5.41, 5.74) is 1.56. The second-order valence-electron chi connectivity index (χ2n) is 4.71. The molecule has 0 spiro atoms. The molecule has 0 atom stereocenters. The Hall–Kier alpha value is -1.27. The fraction of sp³-hybridized carbons (Fsp3) is 0.571. The predicted octanol–water partition coefficient (Wildman–Crippen LogP) is 3.16. The number of anilines is 1. The van der Waals surface area contributed by atoms with Crippen molar-refractivity contribution in [3.63, 3.8) is 0 Å². The van der Waals surface area contributed by atoms with Gasteiger partial charge >= 0.3 is 12.0 Å². The summed E-state index contributed by atoms with van der Waals surface area (Å²) < 4.78 is 5.13. The summed E-state index contributed by atoms with van der Waals surface area (Å²) in [6, 6.07) is -0.347. The van der Waals surface area contributed by atoms with E-state index in [-0.39, 0.29) is 12.0 Å². The fourth-order valence-electron chi connectivity index (χ4n) is 2.38. The highest BCUT2D eigenvalue weighted by molar-refractivity contribution is 7.17. The summed E-state index contributed by atoms with van der Waals surface area (Å²) in [6.45, 7) is 2.48. The van der Waals surface area contributed by atoms with Crippen molar-refractivity contribution in [3.8, 4) is 0 Å². The van der Waals surface area contributed by atoms with Crippen LogP contribution in [0.3, 0.4) is 0 Å². The van der Waals surface area contributed by atoms with Gasteiger partial charge in [0.2, 0.25) is 0 Å². The summed E-state index contributed by atoms with van der Waals surface area (Å²) in [5, 5.41) is 5.96.